The van der Waals surface area contributed by atoms with Gasteiger partial charge in [-0.3, -0.25) is 0 Å². The van der Waals surface area contributed by atoms with Crippen LogP contribution in [0.15, 0.2) is 188 Å². The lowest BCUT2D eigenvalue weighted by Crippen LogP contribution is -2.26. The van der Waals surface area contributed by atoms with E-state index in [9.17, 15) is 0 Å². The Morgan fingerprint density at radius 1 is 0.340 bits per heavy atom. The average Bonchev–Trinajstić information content (AvgIpc) is 3.78. The minimum absolute atomic E-state index is 0.105. The van der Waals surface area contributed by atoms with Crippen LogP contribution in [0.1, 0.15) is 47.2 Å². The van der Waals surface area contributed by atoms with E-state index in [0.29, 0.717) is 0 Å². The van der Waals surface area contributed by atoms with Crippen LogP contribution in [0, 0.1) is 0 Å². The van der Waals surface area contributed by atoms with Crippen LogP contribution in [0.4, 0.5) is 17.1 Å². The van der Waals surface area contributed by atoms with Crippen LogP contribution in [-0.2, 0) is 10.8 Å². The quantitative estimate of drug-likeness (QED) is 0.179. The molecule has 0 aromatic heterocycles. The molecule has 0 saturated heterocycles. The van der Waals surface area contributed by atoms with E-state index >= 15 is 0 Å². The Morgan fingerprint density at radius 3 is 1.43 bits per heavy atom. The van der Waals surface area contributed by atoms with E-state index in [1.807, 2.05) is 0 Å². The zero-order chi connectivity index (χ0) is 35.3. The molecule has 3 aliphatic rings. The lowest BCUT2D eigenvalue weighted by atomic mass is 9.70. The lowest BCUT2D eigenvalue weighted by Gasteiger charge is -2.33. The van der Waals surface area contributed by atoms with Gasteiger partial charge < -0.3 is 4.90 Å². The molecule has 0 unspecified atom stereocenters. The number of benzene rings is 8. The predicted molar refractivity (Wildman–Crippen MR) is 220 cm³/mol. The molecule has 0 heterocycles. The summed E-state index contributed by atoms with van der Waals surface area (Å²) in [5.41, 5.74) is 21.5. The number of fused-ring (bicyclic) bond motifs is 13. The van der Waals surface area contributed by atoms with Gasteiger partial charge in [-0.25, -0.2) is 0 Å². The van der Waals surface area contributed by atoms with Gasteiger partial charge in [-0.15, -0.1) is 0 Å². The molecule has 0 saturated carbocycles. The summed E-state index contributed by atoms with van der Waals surface area (Å²) in [5, 5.41) is 0. The van der Waals surface area contributed by atoms with Crippen molar-refractivity contribution in [2.75, 3.05) is 4.90 Å². The highest BCUT2D eigenvalue weighted by Crippen LogP contribution is 2.63. The maximum absolute atomic E-state index is 2.51. The van der Waals surface area contributed by atoms with E-state index in [-0.39, 0.29) is 5.41 Å². The smallest absolute Gasteiger partial charge is 0.0726 e. The van der Waals surface area contributed by atoms with E-state index in [4.69, 9.17) is 0 Å². The fraction of sp³-hybridized carbons (Fsp3) is 0.0769. The summed E-state index contributed by atoms with van der Waals surface area (Å²) in [7, 11) is 0. The zero-order valence-corrected chi connectivity index (χ0v) is 29.8. The molecule has 1 spiro atoms. The summed E-state index contributed by atoms with van der Waals surface area (Å²) in [6.07, 6.45) is 0. The van der Waals surface area contributed by atoms with E-state index in [0.717, 1.165) is 11.4 Å². The Kier molecular flexibility index (Phi) is 6.29. The number of nitrogens with zero attached hydrogens (tertiary/aromatic N) is 1. The fourth-order valence-corrected chi connectivity index (χ4v) is 10.0. The van der Waals surface area contributed by atoms with Gasteiger partial charge in [0.15, 0.2) is 0 Å². The third-order valence-corrected chi connectivity index (χ3v) is 12.3. The van der Waals surface area contributed by atoms with Gasteiger partial charge in [0.2, 0.25) is 0 Å². The minimum Gasteiger partial charge on any atom is -0.310 e. The Labute approximate surface area is 311 Å². The van der Waals surface area contributed by atoms with E-state index < -0.39 is 5.41 Å². The highest BCUT2D eigenvalue weighted by Gasteiger charge is 2.51. The molecule has 0 N–H and O–H groups in total. The first-order chi connectivity index (χ1) is 26.1. The molecule has 11 rings (SSSR count). The van der Waals surface area contributed by atoms with Crippen molar-refractivity contribution in [1.82, 2.24) is 0 Å². The summed E-state index contributed by atoms with van der Waals surface area (Å²) in [6, 6.07) is 70.1. The van der Waals surface area contributed by atoms with Crippen molar-refractivity contribution in [2.45, 2.75) is 24.7 Å². The SMILES string of the molecule is CC1(C)c2ccccc2-c2c(N(c3ccc(-c4ccccc4)cc3)c3ccc4c(c3)C3(c5ccccc5-c5ccccc53)c3ccccc3-4)cccc21. The summed E-state index contributed by atoms with van der Waals surface area (Å²) in [6.45, 7) is 4.73. The molecule has 250 valence electrons. The monoisotopic (exact) mass is 675 g/mol. The van der Waals surface area contributed by atoms with Crippen LogP contribution in [-0.4, -0.2) is 0 Å². The van der Waals surface area contributed by atoms with E-state index in [1.165, 1.54) is 83.6 Å². The van der Waals surface area contributed by atoms with Crippen molar-refractivity contribution in [2.24, 2.45) is 0 Å². The first-order valence-electron chi connectivity index (χ1n) is 18.7. The Bertz CT molecular complexity index is 2690. The van der Waals surface area contributed by atoms with Crippen LogP contribution in [0.25, 0.3) is 44.5 Å². The first-order valence-corrected chi connectivity index (χ1v) is 18.7. The second-order valence-corrected chi connectivity index (χ2v) is 15.2. The maximum atomic E-state index is 2.51. The number of hydrogen-bond donors (Lipinski definition) is 0. The fourth-order valence-electron chi connectivity index (χ4n) is 10.0. The Balaban J connectivity index is 1.19. The molecule has 0 atom stereocenters. The summed E-state index contributed by atoms with van der Waals surface area (Å²) in [5.74, 6) is 0. The minimum atomic E-state index is -0.412. The van der Waals surface area contributed by atoms with Gasteiger partial charge in [-0.2, -0.15) is 0 Å². The highest BCUT2D eigenvalue weighted by molar-refractivity contribution is 5.98. The predicted octanol–water partition coefficient (Wildman–Crippen LogP) is 13.5. The second kappa shape index (κ2) is 11.0. The van der Waals surface area contributed by atoms with Gasteiger partial charge in [0.05, 0.1) is 11.1 Å². The van der Waals surface area contributed by atoms with Crippen LogP contribution >= 0.6 is 0 Å². The Hall–Kier alpha value is -6.44. The summed E-state index contributed by atoms with van der Waals surface area (Å²) in [4.78, 5) is 2.51. The maximum Gasteiger partial charge on any atom is 0.0726 e. The van der Waals surface area contributed by atoms with Gasteiger partial charge in [-0.1, -0.05) is 172 Å². The van der Waals surface area contributed by atoms with Gasteiger partial charge >= 0.3 is 0 Å². The van der Waals surface area contributed by atoms with Crippen molar-refractivity contribution in [3.63, 3.8) is 0 Å². The van der Waals surface area contributed by atoms with Gasteiger partial charge in [0.25, 0.3) is 0 Å². The molecular weight excluding hydrogens is 639 g/mol. The van der Waals surface area contributed by atoms with Crippen molar-refractivity contribution >= 4 is 17.1 Å². The third kappa shape index (κ3) is 4.02. The van der Waals surface area contributed by atoms with Gasteiger partial charge in [-0.05, 0) is 103 Å². The standard InChI is InChI=1S/C52H37N/c1-51(2)43-21-10-9-20-42(43)50-47(51)25-14-26-49(50)53(36-29-27-35(28-30-36)34-15-4-3-5-16-34)37-31-32-41-40-19-8-13-24-46(40)52(48(41)33-37)44-22-11-6-17-38(44)39-18-7-12-23-45(39)52/h3-33H,1-2H3. The molecule has 53 heavy (non-hydrogen) atoms. The van der Waals surface area contributed by atoms with Crippen molar-refractivity contribution in [1.29, 1.82) is 0 Å². The van der Waals surface area contributed by atoms with Crippen molar-refractivity contribution in [3.8, 4) is 44.5 Å². The van der Waals surface area contributed by atoms with Crippen LogP contribution in [0.5, 0.6) is 0 Å². The molecule has 0 bridgehead atoms. The number of anilines is 3. The molecular formula is C52H37N. The summed E-state index contributed by atoms with van der Waals surface area (Å²) < 4.78 is 0. The third-order valence-electron chi connectivity index (χ3n) is 12.3. The largest absolute Gasteiger partial charge is 0.310 e. The molecule has 0 amide bonds. The lowest BCUT2D eigenvalue weighted by molar-refractivity contribution is 0.660. The first kappa shape index (κ1) is 30.2. The van der Waals surface area contributed by atoms with Gasteiger partial charge in [0, 0.05) is 22.4 Å². The zero-order valence-electron chi connectivity index (χ0n) is 29.8. The highest BCUT2D eigenvalue weighted by atomic mass is 15.1. The summed E-state index contributed by atoms with van der Waals surface area (Å²) >= 11 is 0. The number of hydrogen-bond acceptors (Lipinski definition) is 1. The number of rotatable bonds is 4. The molecule has 0 fully saturated rings. The van der Waals surface area contributed by atoms with Crippen molar-refractivity contribution in [3.05, 3.63) is 221 Å². The van der Waals surface area contributed by atoms with Crippen LogP contribution in [0.3, 0.4) is 0 Å². The van der Waals surface area contributed by atoms with E-state index in [2.05, 4.69) is 207 Å². The van der Waals surface area contributed by atoms with E-state index in [1.54, 1.807) is 0 Å². The van der Waals surface area contributed by atoms with Crippen LogP contribution < -0.4 is 4.90 Å². The Morgan fingerprint density at radius 2 is 0.811 bits per heavy atom. The molecule has 8 aromatic carbocycles. The second-order valence-electron chi connectivity index (χ2n) is 15.2. The van der Waals surface area contributed by atoms with Gasteiger partial charge in [0.1, 0.15) is 0 Å². The average molecular weight is 676 g/mol. The van der Waals surface area contributed by atoms with Crippen molar-refractivity contribution < 1.29 is 0 Å². The molecule has 3 aliphatic carbocycles. The molecule has 1 nitrogen and oxygen atoms in total. The molecule has 0 radical (unpaired) electrons. The van der Waals surface area contributed by atoms with Crippen LogP contribution in [0.2, 0.25) is 0 Å². The topological polar surface area (TPSA) is 3.24 Å². The molecule has 8 aromatic rings. The molecule has 0 aliphatic heterocycles. The normalized spacial score (nSPS) is 14.5. The molecule has 1 heteroatoms.